The molecule has 0 fully saturated rings. The van der Waals surface area contributed by atoms with Crippen LogP contribution in [0, 0.1) is 6.92 Å². The minimum atomic E-state index is -3.81. The smallest absolute Gasteiger partial charge is 0.263 e. The van der Waals surface area contributed by atoms with Gasteiger partial charge in [-0.15, -0.1) is 0 Å². The maximum absolute atomic E-state index is 12.2. The number of hydrogen-bond donors (Lipinski definition) is 1. The second-order valence-electron chi connectivity index (χ2n) is 3.82. The molecule has 1 N–H and O–H groups in total. The molecule has 2 aromatic rings. The number of rotatable bonds is 5. The molecule has 9 heteroatoms. The van der Waals surface area contributed by atoms with Gasteiger partial charge in [0, 0.05) is 6.07 Å². The molecule has 1 aromatic carbocycles. The van der Waals surface area contributed by atoms with Crippen molar-refractivity contribution in [2.24, 2.45) is 0 Å². The van der Waals surface area contributed by atoms with Crippen molar-refractivity contribution in [1.82, 2.24) is 10.3 Å². The van der Waals surface area contributed by atoms with E-state index in [1.807, 2.05) is 0 Å². The summed E-state index contributed by atoms with van der Waals surface area (Å²) in [6.45, 7) is 1.57. The van der Waals surface area contributed by atoms with Crippen LogP contribution in [-0.2, 0) is 10.0 Å². The van der Waals surface area contributed by atoms with E-state index in [1.165, 1.54) is 32.4 Å². The molecular weight excluding hydrogens is 286 g/mol. The Morgan fingerprint density at radius 1 is 1.15 bits per heavy atom. The summed E-state index contributed by atoms with van der Waals surface area (Å²) in [6.07, 6.45) is 0. The second-order valence-corrected chi connectivity index (χ2v) is 5.50. The first kappa shape index (κ1) is 14.1. The Balaban J connectivity index is 2.37. The molecule has 0 bridgehead atoms. The van der Waals surface area contributed by atoms with Gasteiger partial charge < -0.3 is 9.47 Å². The average molecular weight is 299 g/mol. The van der Waals surface area contributed by atoms with E-state index in [0.29, 0.717) is 17.2 Å². The maximum Gasteiger partial charge on any atom is 0.263 e. The SMILES string of the molecule is COc1ccc(S(=O)(=O)Nc2nonc2C)cc1OC. The van der Waals surface area contributed by atoms with Crippen LogP contribution in [0.3, 0.4) is 0 Å². The molecule has 0 saturated heterocycles. The lowest BCUT2D eigenvalue weighted by Crippen LogP contribution is -2.14. The first-order chi connectivity index (χ1) is 9.47. The number of aryl methyl sites for hydroxylation is 1. The van der Waals surface area contributed by atoms with Gasteiger partial charge in [-0.1, -0.05) is 5.16 Å². The van der Waals surface area contributed by atoms with Crippen molar-refractivity contribution in [3.8, 4) is 11.5 Å². The van der Waals surface area contributed by atoms with Crippen LogP contribution in [0.4, 0.5) is 5.82 Å². The van der Waals surface area contributed by atoms with Crippen molar-refractivity contribution in [2.45, 2.75) is 11.8 Å². The van der Waals surface area contributed by atoms with Crippen LogP contribution in [-0.4, -0.2) is 33.0 Å². The summed E-state index contributed by atoms with van der Waals surface area (Å²) in [6, 6.07) is 4.25. The molecule has 0 aliphatic heterocycles. The number of sulfonamides is 1. The molecule has 2 rings (SSSR count). The number of benzene rings is 1. The van der Waals surface area contributed by atoms with E-state index in [4.69, 9.17) is 9.47 Å². The molecule has 0 aliphatic rings. The molecule has 0 atom stereocenters. The summed E-state index contributed by atoms with van der Waals surface area (Å²) in [5.41, 5.74) is 0.342. The number of methoxy groups -OCH3 is 2. The van der Waals surface area contributed by atoms with E-state index in [2.05, 4.69) is 19.7 Å². The molecule has 0 spiro atoms. The van der Waals surface area contributed by atoms with Crippen molar-refractivity contribution >= 4 is 15.8 Å². The van der Waals surface area contributed by atoms with Crippen LogP contribution >= 0.6 is 0 Å². The van der Waals surface area contributed by atoms with Crippen molar-refractivity contribution in [3.05, 3.63) is 23.9 Å². The van der Waals surface area contributed by atoms with Crippen LogP contribution in [0.15, 0.2) is 27.7 Å². The Morgan fingerprint density at radius 2 is 1.85 bits per heavy atom. The topological polar surface area (TPSA) is 104 Å². The van der Waals surface area contributed by atoms with Crippen molar-refractivity contribution in [3.63, 3.8) is 0 Å². The van der Waals surface area contributed by atoms with E-state index in [-0.39, 0.29) is 10.7 Å². The molecule has 0 saturated carbocycles. The van der Waals surface area contributed by atoms with Crippen molar-refractivity contribution in [1.29, 1.82) is 0 Å². The van der Waals surface area contributed by atoms with Crippen LogP contribution in [0.25, 0.3) is 0 Å². The van der Waals surface area contributed by atoms with E-state index in [0.717, 1.165) is 0 Å². The summed E-state index contributed by atoms with van der Waals surface area (Å²) >= 11 is 0. The third-order valence-corrected chi connectivity index (χ3v) is 3.89. The molecule has 0 amide bonds. The Hall–Kier alpha value is -2.29. The zero-order valence-electron chi connectivity index (χ0n) is 11.1. The van der Waals surface area contributed by atoms with Gasteiger partial charge in [-0.2, -0.15) is 0 Å². The van der Waals surface area contributed by atoms with Gasteiger partial charge in [0.2, 0.25) is 5.82 Å². The molecule has 20 heavy (non-hydrogen) atoms. The predicted octanol–water partition coefficient (Wildman–Crippen LogP) is 1.20. The van der Waals surface area contributed by atoms with Crippen LogP contribution < -0.4 is 14.2 Å². The number of nitrogens with one attached hydrogen (secondary N) is 1. The summed E-state index contributed by atoms with van der Waals surface area (Å²) in [5, 5.41) is 6.97. The van der Waals surface area contributed by atoms with Gasteiger partial charge >= 0.3 is 0 Å². The standard InChI is InChI=1S/C11H13N3O5S/c1-7-11(13-19-12-7)14-20(15,16)8-4-5-9(17-2)10(6-8)18-3/h4-6H,1-3H3,(H,13,14). The fourth-order valence-electron chi connectivity index (χ4n) is 1.49. The number of hydrogen-bond acceptors (Lipinski definition) is 7. The third-order valence-electron chi connectivity index (χ3n) is 2.55. The molecule has 1 aromatic heterocycles. The van der Waals surface area contributed by atoms with Crippen LogP contribution in [0.2, 0.25) is 0 Å². The number of aromatic nitrogens is 2. The van der Waals surface area contributed by atoms with E-state index in [1.54, 1.807) is 6.92 Å². The lowest BCUT2D eigenvalue weighted by Gasteiger charge is -2.10. The highest BCUT2D eigenvalue weighted by atomic mass is 32.2. The van der Waals surface area contributed by atoms with Gasteiger partial charge in [0.25, 0.3) is 10.0 Å². The lowest BCUT2D eigenvalue weighted by atomic mass is 10.3. The maximum atomic E-state index is 12.2. The van der Waals surface area contributed by atoms with Gasteiger partial charge in [0.15, 0.2) is 11.5 Å². The number of nitrogens with zero attached hydrogens (tertiary/aromatic N) is 2. The molecule has 0 radical (unpaired) electrons. The minimum absolute atomic E-state index is 0.0116. The van der Waals surface area contributed by atoms with E-state index >= 15 is 0 Å². The van der Waals surface area contributed by atoms with Gasteiger partial charge in [-0.25, -0.2) is 13.0 Å². The molecule has 108 valence electrons. The predicted molar refractivity (Wildman–Crippen MR) is 69.4 cm³/mol. The fraction of sp³-hybridized carbons (Fsp3) is 0.273. The van der Waals surface area contributed by atoms with E-state index < -0.39 is 10.0 Å². The van der Waals surface area contributed by atoms with Gasteiger partial charge in [0.05, 0.1) is 19.1 Å². The minimum Gasteiger partial charge on any atom is -0.493 e. The number of ether oxygens (including phenoxy) is 2. The fourth-order valence-corrected chi connectivity index (χ4v) is 2.56. The largest absolute Gasteiger partial charge is 0.493 e. The Bertz CT molecular complexity index is 711. The normalized spacial score (nSPS) is 11.2. The lowest BCUT2D eigenvalue weighted by molar-refractivity contribution is 0.306. The van der Waals surface area contributed by atoms with Crippen LogP contribution in [0.5, 0.6) is 11.5 Å². The third kappa shape index (κ3) is 2.67. The molecule has 8 nitrogen and oxygen atoms in total. The van der Waals surface area contributed by atoms with Crippen molar-refractivity contribution in [2.75, 3.05) is 18.9 Å². The molecule has 0 aliphatic carbocycles. The molecular formula is C11H13N3O5S. The molecule has 0 unspecified atom stereocenters. The summed E-state index contributed by atoms with van der Waals surface area (Å²) in [4.78, 5) is 0.0116. The molecule has 1 heterocycles. The summed E-state index contributed by atoms with van der Waals surface area (Å²) in [7, 11) is -0.920. The average Bonchev–Trinajstić information content (AvgIpc) is 2.82. The van der Waals surface area contributed by atoms with Gasteiger partial charge in [0.1, 0.15) is 5.69 Å². The zero-order chi connectivity index (χ0) is 14.8. The second kappa shape index (κ2) is 5.37. The quantitative estimate of drug-likeness (QED) is 0.884. The monoisotopic (exact) mass is 299 g/mol. The highest BCUT2D eigenvalue weighted by Gasteiger charge is 2.20. The zero-order valence-corrected chi connectivity index (χ0v) is 11.9. The Kier molecular flexibility index (Phi) is 3.79. The van der Waals surface area contributed by atoms with Gasteiger partial charge in [-0.3, -0.25) is 4.72 Å². The number of anilines is 1. The highest BCUT2D eigenvalue weighted by Crippen LogP contribution is 2.30. The summed E-state index contributed by atoms with van der Waals surface area (Å²) in [5.74, 6) is 0.788. The highest BCUT2D eigenvalue weighted by molar-refractivity contribution is 7.92. The van der Waals surface area contributed by atoms with Crippen LogP contribution in [0.1, 0.15) is 5.69 Å². The van der Waals surface area contributed by atoms with Gasteiger partial charge in [-0.05, 0) is 24.2 Å². The summed E-state index contributed by atoms with van der Waals surface area (Å²) < 4.78 is 41.2. The van der Waals surface area contributed by atoms with Crippen molar-refractivity contribution < 1.29 is 22.5 Å². The Labute approximate surface area is 115 Å². The Morgan fingerprint density at radius 3 is 2.40 bits per heavy atom. The van der Waals surface area contributed by atoms with E-state index in [9.17, 15) is 8.42 Å². The first-order valence-corrected chi connectivity index (χ1v) is 7.00. The first-order valence-electron chi connectivity index (χ1n) is 5.52.